The van der Waals surface area contributed by atoms with E-state index in [1.54, 1.807) is 38.1 Å². The summed E-state index contributed by atoms with van der Waals surface area (Å²) in [6, 6.07) is 6.54. The molecule has 1 aromatic carbocycles. The predicted molar refractivity (Wildman–Crippen MR) is 100 cm³/mol. The molecule has 9 nitrogen and oxygen atoms in total. The standard InChI is InChI=1S/C17H16N4O5S/c1-3-26-15(24)13-9(2)18-16(27-13)20-12(22)8-21-14(23)10-6-4-5-7-11(10)19-17(21)25/h4-7H,3,8H2,1-2H3,(H,19,25)(H,18,20,22). The fourth-order valence-electron chi connectivity index (χ4n) is 2.48. The molecule has 2 N–H and O–H groups in total. The number of carbonyl (C=O) groups excluding carboxylic acids is 2. The molecule has 10 heteroatoms. The summed E-state index contributed by atoms with van der Waals surface area (Å²) in [5.41, 5.74) is -0.420. The number of para-hydroxylation sites is 1. The molecule has 1 amide bonds. The SMILES string of the molecule is CCOC(=O)c1sc(NC(=O)Cn2c(=O)[nH]c3ccccc3c2=O)nc1C. The molecule has 0 fully saturated rings. The minimum absolute atomic E-state index is 0.186. The van der Waals surface area contributed by atoms with Crippen molar-refractivity contribution in [2.24, 2.45) is 0 Å². The van der Waals surface area contributed by atoms with Gasteiger partial charge < -0.3 is 15.0 Å². The van der Waals surface area contributed by atoms with Gasteiger partial charge in [0.25, 0.3) is 5.56 Å². The molecule has 0 saturated carbocycles. The number of nitrogens with one attached hydrogen (secondary N) is 2. The number of esters is 1. The molecular weight excluding hydrogens is 372 g/mol. The molecule has 0 aliphatic carbocycles. The molecule has 0 spiro atoms. The first kappa shape index (κ1) is 18.5. The zero-order valence-corrected chi connectivity index (χ0v) is 15.4. The molecule has 2 heterocycles. The Hall–Kier alpha value is -3.27. The molecule has 0 aliphatic rings. The highest BCUT2D eigenvalue weighted by Gasteiger charge is 2.18. The number of ether oxygens (including phenoxy) is 1. The van der Waals surface area contributed by atoms with Crippen LogP contribution in [-0.2, 0) is 16.1 Å². The number of H-pyrrole nitrogens is 1. The lowest BCUT2D eigenvalue weighted by Gasteiger charge is -2.06. The molecule has 0 aliphatic heterocycles. The number of thiazole rings is 1. The normalized spacial score (nSPS) is 10.7. The number of hydrogen-bond donors (Lipinski definition) is 2. The van der Waals surface area contributed by atoms with Gasteiger partial charge in [-0.2, -0.15) is 0 Å². The Bertz CT molecular complexity index is 1140. The lowest BCUT2D eigenvalue weighted by atomic mass is 10.2. The Morgan fingerprint density at radius 1 is 1.30 bits per heavy atom. The summed E-state index contributed by atoms with van der Waals surface area (Å²) in [7, 11) is 0. The minimum atomic E-state index is -0.684. The second kappa shape index (κ2) is 7.54. The Morgan fingerprint density at radius 3 is 2.78 bits per heavy atom. The lowest BCUT2D eigenvalue weighted by Crippen LogP contribution is -2.38. The predicted octanol–water partition coefficient (Wildman–Crippen LogP) is 1.27. The minimum Gasteiger partial charge on any atom is -0.462 e. The second-order valence-electron chi connectivity index (χ2n) is 5.57. The summed E-state index contributed by atoms with van der Waals surface area (Å²) in [5, 5.41) is 2.99. The van der Waals surface area contributed by atoms with Gasteiger partial charge in [0.15, 0.2) is 5.13 Å². The zero-order valence-electron chi connectivity index (χ0n) is 14.6. The number of fused-ring (bicyclic) bond motifs is 1. The maximum atomic E-state index is 12.4. The van der Waals surface area contributed by atoms with Crippen molar-refractivity contribution in [1.82, 2.24) is 14.5 Å². The van der Waals surface area contributed by atoms with E-state index in [-0.39, 0.29) is 16.6 Å². The summed E-state index contributed by atoms with van der Waals surface area (Å²) >= 11 is 0.966. The molecular formula is C17H16N4O5S. The number of amides is 1. The highest BCUT2D eigenvalue weighted by Crippen LogP contribution is 2.23. The van der Waals surface area contributed by atoms with Gasteiger partial charge in [0.05, 0.1) is 23.2 Å². The van der Waals surface area contributed by atoms with Crippen LogP contribution in [0.1, 0.15) is 22.3 Å². The molecule has 27 heavy (non-hydrogen) atoms. The number of aromatic nitrogens is 3. The van der Waals surface area contributed by atoms with Crippen LogP contribution >= 0.6 is 11.3 Å². The number of anilines is 1. The first-order chi connectivity index (χ1) is 12.9. The zero-order chi connectivity index (χ0) is 19.6. The van der Waals surface area contributed by atoms with Crippen LogP contribution in [0.4, 0.5) is 5.13 Å². The summed E-state index contributed by atoms with van der Waals surface area (Å²) in [6.07, 6.45) is 0. The third-order valence-electron chi connectivity index (χ3n) is 3.69. The van der Waals surface area contributed by atoms with Crippen molar-refractivity contribution in [1.29, 1.82) is 0 Å². The summed E-state index contributed by atoms with van der Waals surface area (Å²) in [6.45, 7) is 3.06. The van der Waals surface area contributed by atoms with Gasteiger partial charge in [-0.25, -0.2) is 14.6 Å². The average Bonchev–Trinajstić information content (AvgIpc) is 2.99. The molecule has 0 saturated heterocycles. The quantitative estimate of drug-likeness (QED) is 0.635. The Morgan fingerprint density at radius 2 is 2.04 bits per heavy atom. The van der Waals surface area contributed by atoms with E-state index in [0.717, 1.165) is 15.9 Å². The van der Waals surface area contributed by atoms with Gasteiger partial charge in [0, 0.05) is 0 Å². The van der Waals surface area contributed by atoms with Gasteiger partial charge in [-0.1, -0.05) is 23.5 Å². The van der Waals surface area contributed by atoms with E-state index in [0.29, 0.717) is 16.6 Å². The van der Waals surface area contributed by atoms with Crippen molar-refractivity contribution in [3.05, 3.63) is 55.7 Å². The second-order valence-corrected chi connectivity index (χ2v) is 6.57. The van der Waals surface area contributed by atoms with Crippen LogP contribution in [0.3, 0.4) is 0 Å². The van der Waals surface area contributed by atoms with Crippen LogP contribution in [0.2, 0.25) is 0 Å². The Labute approximate surface area is 156 Å². The van der Waals surface area contributed by atoms with Crippen molar-refractivity contribution >= 4 is 39.2 Å². The molecule has 0 unspecified atom stereocenters. The topological polar surface area (TPSA) is 123 Å². The van der Waals surface area contributed by atoms with Crippen molar-refractivity contribution in [2.45, 2.75) is 20.4 Å². The van der Waals surface area contributed by atoms with Crippen LogP contribution in [0.15, 0.2) is 33.9 Å². The van der Waals surface area contributed by atoms with Gasteiger partial charge in [0.2, 0.25) is 5.91 Å². The fourth-order valence-corrected chi connectivity index (χ4v) is 3.36. The van der Waals surface area contributed by atoms with E-state index in [1.165, 1.54) is 0 Å². The maximum Gasteiger partial charge on any atom is 0.350 e. The Balaban J connectivity index is 1.82. The van der Waals surface area contributed by atoms with Gasteiger partial charge in [-0.05, 0) is 26.0 Å². The lowest BCUT2D eigenvalue weighted by molar-refractivity contribution is -0.116. The first-order valence-corrected chi connectivity index (χ1v) is 8.88. The molecule has 3 aromatic rings. The number of carbonyl (C=O) groups is 2. The third-order valence-corrected chi connectivity index (χ3v) is 4.75. The summed E-state index contributed by atoms with van der Waals surface area (Å²) in [4.78, 5) is 55.6. The van der Waals surface area contributed by atoms with Crippen LogP contribution in [0, 0.1) is 6.92 Å². The molecule has 0 radical (unpaired) electrons. The molecule has 0 atom stereocenters. The summed E-state index contributed by atoms with van der Waals surface area (Å²) in [5.74, 6) is -1.13. The monoisotopic (exact) mass is 388 g/mol. The van der Waals surface area contributed by atoms with E-state index < -0.39 is 29.7 Å². The molecule has 140 valence electrons. The van der Waals surface area contributed by atoms with Gasteiger partial charge in [-0.15, -0.1) is 0 Å². The van der Waals surface area contributed by atoms with Crippen LogP contribution in [-0.4, -0.2) is 33.0 Å². The van der Waals surface area contributed by atoms with Gasteiger partial charge in [0.1, 0.15) is 11.4 Å². The molecule has 0 bridgehead atoms. The first-order valence-electron chi connectivity index (χ1n) is 8.07. The maximum absolute atomic E-state index is 12.4. The number of benzene rings is 1. The third kappa shape index (κ3) is 3.80. The van der Waals surface area contributed by atoms with Crippen molar-refractivity contribution in [3.8, 4) is 0 Å². The van der Waals surface area contributed by atoms with E-state index in [1.807, 2.05) is 0 Å². The van der Waals surface area contributed by atoms with E-state index >= 15 is 0 Å². The van der Waals surface area contributed by atoms with E-state index in [4.69, 9.17) is 4.74 Å². The van der Waals surface area contributed by atoms with Crippen molar-refractivity contribution < 1.29 is 14.3 Å². The highest BCUT2D eigenvalue weighted by molar-refractivity contribution is 7.17. The van der Waals surface area contributed by atoms with Crippen molar-refractivity contribution in [3.63, 3.8) is 0 Å². The number of nitrogens with zero attached hydrogens (tertiary/aromatic N) is 2. The molecule has 3 rings (SSSR count). The number of hydrogen-bond acceptors (Lipinski definition) is 7. The van der Waals surface area contributed by atoms with Crippen molar-refractivity contribution in [2.75, 3.05) is 11.9 Å². The fraction of sp³-hybridized carbons (Fsp3) is 0.235. The number of aryl methyl sites for hydroxylation is 1. The largest absolute Gasteiger partial charge is 0.462 e. The van der Waals surface area contributed by atoms with Crippen LogP contribution < -0.4 is 16.6 Å². The highest BCUT2D eigenvalue weighted by atomic mass is 32.1. The van der Waals surface area contributed by atoms with Gasteiger partial charge in [-0.3, -0.25) is 14.2 Å². The smallest absolute Gasteiger partial charge is 0.350 e. The van der Waals surface area contributed by atoms with E-state index in [9.17, 15) is 19.2 Å². The summed E-state index contributed by atoms with van der Waals surface area (Å²) < 4.78 is 5.73. The Kier molecular flexibility index (Phi) is 5.17. The van der Waals surface area contributed by atoms with Gasteiger partial charge >= 0.3 is 11.7 Å². The van der Waals surface area contributed by atoms with Crippen LogP contribution in [0.25, 0.3) is 10.9 Å². The molecule has 2 aromatic heterocycles. The van der Waals surface area contributed by atoms with Crippen LogP contribution in [0.5, 0.6) is 0 Å². The number of aromatic amines is 1. The average molecular weight is 388 g/mol. The van der Waals surface area contributed by atoms with E-state index in [2.05, 4.69) is 15.3 Å². The number of rotatable bonds is 5.